The maximum Gasteiger partial charge on any atom is 0.417 e. The van der Waals surface area contributed by atoms with Crippen LogP contribution in [0.4, 0.5) is 19.0 Å². The lowest BCUT2D eigenvalue weighted by atomic mass is 10.2. The zero-order chi connectivity index (χ0) is 18.4. The van der Waals surface area contributed by atoms with Gasteiger partial charge in [-0.3, -0.25) is 5.43 Å². The van der Waals surface area contributed by atoms with Gasteiger partial charge in [0.2, 0.25) is 0 Å². The molecule has 1 N–H and O–H groups in total. The number of nitrogens with zero attached hydrogens (tertiary/aromatic N) is 2. The van der Waals surface area contributed by atoms with Crippen LogP contribution < -0.4 is 14.9 Å². The number of methoxy groups -OCH3 is 1. The summed E-state index contributed by atoms with van der Waals surface area (Å²) in [4.78, 5) is 3.68. The van der Waals surface area contributed by atoms with E-state index >= 15 is 0 Å². The van der Waals surface area contributed by atoms with E-state index in [1.54, 1.807) is 13.2 Å². The van der Waals surface area contributed by atoms with Gasteiger partial charge in [-0.05, 0) is 59.3 Å². The van der Waals surface area contributed by atoms with Gasteiger partial charge in [0.1, 0.15) is 5.82 Å². The van der Waals surface area contributed by atoms with E-state index in [1.807, 2.05) is 13.0 Å². The minimum atomic E-state index is -4.41. The Morgan fingerprint density at radius 2 is 2.08 bits per heavy atom. The third-order valence-electron chi connectivity index (χ3n) is 3.02. The summed E-state index contributed by atoms with van der Waals surface area (Å²) in [7, 11) is 1.54. The van der Waals surface area contributed by atoms with Gasteiger partial charge in [-0.2, -0.15) is 18.3 Å². The summed E-state index contributed by atoms with van der Waals surface area (Å²) in [5.41, 5.74) is 2.51. The summed E-state index contributed by atoms with van der Waals surface area (Å²) >= 11 is 2.13. The smallest absolute Gasteiger partial charge is 0.417 e. The number of rotatable bonds is 6. The molecule has 0 aliphatic rings. The molecule has 1 heterocycles. The Morgan fingerprint density at radius 3 is 2.64 bits per heavy atom. The molecule has 2 rings (SSSR count). The summed E-state index contributed by atoms with van der Waals surface area (Å²) in [5, 5.41) is 3.98. The molecule has 25 heavy (non-hydrogen) atoms. The van der Waals surface area contributed by atoms with Crippen molar-refractivity contribution in [1.29, 1.82) is 0 Å². The van der Waals surface area contributed by atoms with Crippen molar-refractivity contribution in [3.8, 4) is 11.5 Å². The van der Waals surface area contributed by atoms with Gasteiger partial charge in [-0.25, -0.2) is 4.98 Å². The third kappa shape index (κ3) is 5.21. The number of nitrogens with one attached hydrogen (secondary N) is 1. The summed E-state index contributed by atoms with van der Waals surface area (Å²) in [6.07, 6.45) is -2.15. The molecule has 0 aliphatic carbocycles. The second-order valence-corrected chi connectivity index (χ2v) is 5.93. The average Bonchev–Trinajstić information content (AvgIpc) is 2.56. The molecule has 0 unspecified atom stereocenters. The summed E-state index contributed by atoms with van der Waals surface area (Å²) in [6, 6.07) is 5.74. The van der Waals surface area contributed by atoms with Crippen molar-refractivity contribution in [2.75, 3.05) is 19.1 Å². The van der Waals surface area contributed by atoms with Gasteiger partial charge in [0.05, 0.1) is 29.1 Å². The maximum atomic E-state index is 12.5. The molecule has 5 nitrogen and oxygen atoms in total. The molecule has 0 saturated carbocycles. The highest BCUT2D eigenvalue weighted by Gasteiger charge is 2.30. The summed E-state index contributed by atoms with van der Waals surface area (Å²) < 4.78 is 49.1. The van der Waals surface area contributed by atoms with Gasteiger partial charge in [-0.15, -0.1) is 0 Å². The number of hydrazone groups is 1. The van der Waals surface area contributed by atoms with Crippen LogP contribution in [0.15, 0.2) is 35.6 Å². The number of hydrogen-bond donors (Lipinski definition) is 1. The molecule has 0 radical (unpaired) electrons. The molecule has 0 amide bonds. The number of pyridine rings is 1. The van der Waals surface area contributed by atoms with Crippen LogP contribution in [0.2, 0.25) is 0 Å². The van der Waals surface area contributed by atoms with Crippen molar-refractivity contribution >= 4 is 34.6 Å². The molecule has 0 bridgehead atoms. The maximum absolute atomic E-state index is 12.5. The minimum Gasteiger partial charge on any atom is -0.493 e. The van der Waals surface area contributed by atoms with Gasteiger partial charge < -0.3 is 9.47 Å². The van der Waals surface area contributed by atoms with Crippen molar-refractivity contribution in [3.63, 3.8) is 0 Å². The second kappa shape index (κ2) is 8.37. The topological polar surface area (TPSA) is 55.7 Å². The molecule has 0 saturated heterocycles. The molecule has 0 fully saturated rings. The fraction of sp³-hybridized carbons (Fsp3) is 0.250. The molecule has 134 valence electrons. The number of hydrogen-bond acceptors (Lipinski definition) is 5. The quantitative estimate of drug-likeness (QED) is 0.386. The lowest BCUT2D eigenvalue weighted by Gasteiger charge is -2.12. The van der Waals surface area contributed by atoms with Crippen molar-refractivity contribution in [1.82, 2.24) is 4.98 Å². The molecule has 1 aromatic heterocycles. The monoisotopic (exact) mass is 465 g/mol. The fourth-order valence-electron chi connectivity index (χ4n) is 1.90. The SMILES string of the molecule is CCOc1c(I)cc(/C=N/Nc2ccc(C(F)(F)F)cn2)cc1OC. The van der Waals surface area contributed by atoms with Gasteiger partial charge in [-0.1, -0.05) is 0 Å². The average molecular weight is 465 g/mol. The Balaban J connectivity index is 2.10. The van der Waals surface area contributed by atoms with Crippen LogP contribution in [0.3, 0.4) is 0 Å². The Morgan fingerprint density at radius 1 is 1.32 bits per heavy atom. The van der Waals surface area contributed by atoms with E-state index in [1.165, 1.54) is 12.3 Å². The number of ether oxygens (including phenoxy) is 2. The molecule has 0 spiro atoms. The predicted octanol–water partition coefficient (Wildman–Crippen LogP) is 4.56. The van der Waals surface area contributed by atoms with E-state index in [-0.39, 0.29) is 5.82 Å². The van der Waals surface area contributed by atoms with Crippen molar-refractivity contribution in [2.24, 2.45) is 5.10 Å². The highest BCUT2D eigenvalue weighted by atomic mass is 127. The highest BCUT2D eigenvalue weighted by Crippen LogP contribution is 2.33. The van der Waals surface area contributed by atoms with Crippen molar-refractivity contribution < 1.29 is 22.6 Å². The van der Waals surface area contributed by atoms with E-state index in [0.717, 1.165) is 21.4 Å². The first kappa shape index (κ1) is 19.3. The van der Waals surface area contributed by atoms with E-state index < -0.39 is 11.7 Å². The number of benzene rings is 1. The van der Waals surface area contributed by atoms with Gasteiger partial charge in [0.25, 0.3) is 0 Å². The number of alkyl halides is 3. The highest BCUT2D eigenvalue weighted by molar-refractivity contribution is 14.1. The second-order valence-electron chi connectivity index (χ2n) is 4.77. The number of anilines is 1. The fourth-order valence-corrected chi connectivity index (χ4v) is 2.68. The molecule has 0 aliphatic heterocycles. The van der Waals surface area contributed by atoms with Crippen LogP contribution in [0.25, 0.3) is 0 Å². The number of aromatic nitrogens is 1. The molecular weight excluding hydrogens is 450 g/mol. The Labute approximate surface area is 156 Å². The van der Waals surface area contributed by atoms with Crippen LogP contribution in [0.5, 0.6) is 11.5 Å². The molecule has 2 aromatic rings. The Kier molecular flexibility index (Phi) is 6.45. The third-order valence-corrected chi connectivity index (χ3v) is 3.83. The minimum absolute atomic E-state index is 0.205. The van der Waals surface area contributed by atoms with Crippen molar-refractivity contribution in [2.45, 2.75) is 13.1 Å². The van der Waals surface area contributed by atoms with Crippen LogP contribution in [-0.2, 0) is 6.18 Å². The van der Waals surface area contributed by atoms with Gasteiger partial charge in [0.15, 0.2) is 11.5 Å². The first-order valence-corrected chi connectivity index (χ1v) is 8.25. The van der Waals surface area contributed by atoms with E-state index in [9.17, 15) is 13.2 Å². The predicted molar refractivity (Wildman–Crippen MR) is 97.3 cm³/mol. The Hall–Kier alpha value is -2.04. The van der Waals surface area contributed by atoms with E-state index in [4.69, 9.17) is 9.47 Å². The first-order valence-electron chi connectivity index (χ1n) is 7.17. The van der Waals surface area contributed by atoms with E-state index in [0.29, 0.717) is 18.1 Å². The first-order chi connectivity index (χ1) is 11.8. The van der Waals surface area contributed by atoms with Gasteiger partial charge >= 0.3 is 6.18 Å². The lowest BCUT2D eigenvalue weighted by Crippen LogP contribution is -2.05. The molecule has 9 heteroatoms. The van der Waals surface area contributed by atoms with Crippen LogP contribution in [-0.4, -0.2) is 24.9 Å². The zero-order valence-electron chi connectivity index (χ0n) is 13.4. The normalized spacial score (nSPS) is 11.6. The van der Waals surface area contributed by atoms with Crippen molar-refractivity contribution in [3.05, 3.63) is 45.2 Å². The number of halogens is 4. The Bertz CT molecular complexity index is 750. The molecular formula is C16H15F3IN3O2. The van der Waals surface area contributed by atoms with Gasteiger partial charge in [0, 0.05) is 6.20 Å². The van der Waals surface area contributed by atoms with E-state index in [2.05, 4.69) is 38.1 Å². The molecule has 0 atom stereocenters. The van der Waals surface area contributed by atoms with Crippen LogP contribution in [0, 0.1) is 3.57 Å². The zero-order valence-corrected chi connectivity index (χ0v) is 15.6. The molecule has 1 aromatic carbocycles. The van der Waals surface area contributed by atoms with Crippen LogP contribution in [0.1, 0.15) is 18.1 Å². The standard InChI is InChI=1S/C16H15F3IN3O2/c1-3-25-15-12(20)6-10(7-13(15)24-2)8-22-23-14-5-4-11(9-21-14)16(17,18)19/h4-9H,3H2,1-2H3,(H,21,23)/b22-8+. The summed E-state index contributed by atoms with van der Waals surface area (Å²) in [6.45, 7) is 2.40. The largest absolute Gasteiger partial charge is 0.493 e. The summed E-state index contributed by atoms with van der Waals surface area (Å²) in [5.74, 6) is 1.43. The van der Waals surface area contributed by atoms with Crippen LogP contribution >= 0.6 is 22.6 Å². The lowest BCUT2D eigenvalue weighted by molar-refractivity contribution is -0.137.